The summed E-state index contributed by atoms with van der Waals surface area (Å²) in [5.41, 5.74) is 0.601. The molecule has 0 aliphatic heterocycles. The fraction of sp³-hybridized carbons (Fsp3) is 0.154. The number of fused-ring (bicyclic) bond motifs is 1. The van der Waals surface area contributed by atoms with Gasteiger partial charge in [0.05, 0.1) is 11.2 Å². The summed E-state index contributed by atoms with van der Waals surface area (Å²) < 4.78 is 6.70. The molecule has 108 valence electrons. The predicted molar refractivity (Wildman–Crippen MR) is 85.1 cm³/mol. The quantitative estimate of drug-likeness (QED) is 0.728. The minimum Gasteiger partial charge on any atom is -0.436 e. The third kappa shape index (κ3) is 2.93. The maximum Gasteiger partial charge on any atom is 0.235 e. The summed E-state index contributed by atoms with van der Waals surface area (Å²) in [6.45, 7) is 2.67. The lowest BCUT2D eigenvalue weighted by molar-refractivity contribution is 0.469. The molecule has 21 heavy (non-hydrogen) atoms. The number of aromatic amines is 1. The van der Waals surface area contributed by atoms with Gasteiger partial charge in [-0.3, -0.25) is 5.10 Å². The number of H-pyrrole nitrogens is 1. The highest BCUT2D eigenvalue weighted by Gasteiger charge is 2.13. The molecule has 0 unspecified atom stereocenters. The lowest BCUT2D eigenvalue weighted by Gasteiger charge is -2.09. The molecule has 0 aliphatic rings. The van der Waals surface area contributed by atoms with Crippen molar-refractivity contribution in [1.82, 2.24) is 20.2 Å². The lowest BCUT2D eigenvalue weighted by atomic mass is 10.3. The molecule has 3 aromatic rings. The van der Waals surface area contributed by atoms with Crippen LogP contribution in [0.5, 0.6) is 11.6 Å². The Balaban J connectivity index is 2.04. The van der Waals surface area contributed by atoms with Crippen LogP contribution in [0.3, 0.4) is 0 Å². The normalized spacial score (nSPS) is 10.8. The van der Waals surface area contributed by atoms with E-state index in [2.05, 4.69) is 41.4 Å². The first kappa shape index (κ1) is 14.1. The van der Waals surface area contributed by atoms with Crippen molar-refractivity contribution >= 4 is 44.5 Å². The van der Waals surface area contributed by atoms with Gasteiger partial charge in [-0.25, -0.2) is 0 Å². The summed E-state index contributed by atoms with van der Waals surface area (Å²) in [4.78, 5) is 8.65. The van der Waals surface area contributed by atoms with E-state index < -0.39 is 0 Å². The van der Waals surface area contributed by atoms with Crippen molar-refractivity contribution < 1.29 is 4.74 Å². The number of aromatic nitrogens is 4. The molecule has 0 radical (unpaired) electrons. The number of hydrogen-bond donors (Lipinski definition) is 2. The zero-order chi connectivity index (χ0) is 14.8. The number of anilines is 1. The van der Waals surface area contributed by atoms with Gasteiger partial charge in [-0.15, -0.1) is 0 Å². The molecule has 0 saturated heterocycles. The van der Waals surface area contributed by atoms with E-state index in [9.17, 15) is 0 Å². The maximum absolute atomic E-state index is 6.17. The standard InChI is InChI=1S/C13H11BrClN5O/c1-2-16-13-18-11-8(6-17-20-11)12(19-13)21-10-4-3-7(14)5-9(10)15/h3-6H,2H2,1H3,(H2,16,17,18,19,20). The summed E-state index contributed by atoms with van der Waals surface area (Å²) in [7, 11) is 0. The topological polar surface area (TPSA) is 75.7 Å². The molecule has 0 saturated carbocycles. The van der Waals surface area contributed by atoms with E-state index in [1.807, 2.05) is 13.0 Å². The highest BCUT2D eigenvalue weighted by atomic mass is 79.9. The van der Waals surface area contributed by atoms with E-state index >= 15 is 0 Å². The SMILES string of the molecule is CCNc1nc(Oc2ccc(Br)cc2Cl)c2cn[nH]c2n1. The van der Waals surface area contributed by atoms with Crippen LogP contribution >= 0.6 is 27.5 Å². The largest absolute Gasteiger partial charge is 0.436 e. The van der Waals surface area contributed by atoms with Crippen molar-refractivity contribution in [3.8, 4) is 11.6 Å². The van der Waals surface area contributed by atoms with Crippen molar-refractivity contribution in [2.45, 2.75) is 6.92 Å². The first-order chi connectivity index (χ1) is 10.2. The lowest BCUT2D eigenvalue weighted by Crippen LogP contribution is -2.03. The number of nitrogens with one attached hydrogen (secondary N) is 2. The Morgan fingerprint density at radius 2 is 2.24 bits per heavy atom. The van der Waals surface area contributed by atoms with Crippen molar-refractivity contribution in [3.05, 3.63) is 33.9 Å². The summed E-state index contributed by atoms with van der Waals surface area (Å²) in [5, 5.41) is 11.0. The molecule has 0 fully saturated rings. The number of halogens is 2. The van der Waals surface area contributed by atoms with Gasteiger partial charge in [0, 0.05) is 11.0 Å². The minimum absolute atomic E-state index is 0.397. The van der Waals surface area contributed by atoms with Crippen molar-refractivity contribution in [2.75, 3.05) is 11.9 Å². The van der Waals surface area contributed by atoms with Crippen LogP contribution < -0.4 is 10.1 Å². The summed E-state index contributed by atoms with van der Waals surface area (Å²) in [6, 6.07) is 5.38. The van der Waals surface area contributed by atoms with Gasteiger partial charge in [0.2, 0.25) is 11.8 Å². The van der Waals surface area contributed by atoms with Crippen LogP contribution in [0.25, 0.3) is 11.0 Å². The van der Waals surface area contributed by atoms with Gasteiger partial charge in [0.25, 0.3) is 0 Å². The molecule has 1 aromatic carbocycles. The smallest absolute Gasteiger partial charge is 0.235 e. The molecule has 0 aliphatic carbocycles. The van der Waals surface area contributed by atoms with Gasteiger partial charge < -0.3 is 10.1 Å². The molecular weight excluding hydrogens is 358 g/mol. The molecule has 0 bridgehead atoms. The van der Waals surface area contributed by atoms with Gasteiger partial charge in [-0.05, 0) is 25.1 Å². The number of ether oxygens (including phenoxy) is 1. The van der Waals surface area contributed by atoms with Crippen LogP contribution in [0.1, 0.15) is 6.92 Å². The Kier molecular flexibility index (Phi) is 3.94. The van der Waals surface area contributed by atoms with E-state index in [0.717, 1.165) is 4.47 Å². The van der Waals surface area contributed by atoms with Gasteiger partial charge in [0.15, 0.2) is 5.65 Å². The van der Waals surface area contributed by atoms with Crippen molar-refractivity contribution in [2.24, 2.45) is 0 Å². The molecular formula is C13H11BrClN5O. The summed E-state index contributed by atoms with van der Waals surface area (Å²) in [5.74, 6) is 1.38. The van der Waals surface area contributed by atoms with Crippen molar-refractivity contribution in [1.29, 1.82) is 0 Å². The van der Waals surface area contributed by atoms with Crippen molar-refractivity contribution in [3.63, 3.8) is 0 Å². The number of nitrogens with zero attached hydrogens (tertiary/aromatic N) is 3. The fourth-order valence-corrected chi connectivity index (χ4v) is 2.50. The average molecular weight is 369 g/mol. The summed E-state index contributed by atoms with van der Waals surface area (Å²) >= 11 is 9.52. The van der Waals surface area contributed by atoms with Gasteiger partial charge in [-0.1, -0.05) is 27.5 Å². The average Bonchev–Trinajstić information content (AvgIpc) is 2.91. The van der Waals surface area contributed by atoms with Crippen LogP contribution in [-0.2, 0) is 0 Å². The van der Waals surface area contributed by atoms with Crippen LogP contribution in [0.15, 0.2) is 28.9 Å². The molecule has 2 heterocycles. The Bertz CT molecular complexity index is 791. The first-order valence-electron chi connectivity index (χ1n) is 6.25. The molecule has 3 rings (SSSR count). The Morgan fingerprint density at radius 3 is 3.00 bits per heavy atom. The molecule has 2 N–H and O–H groups in total. The Hall–Kier alpha value is -1.86. The first-order valence-corrected chi connectivity index (χ1v) is 7.42. The van der Waals surface area contributed by atoms with Gasteiger partial charge in [0.1, 0.15) is 11.1 Å². The summed E-state index contributed by atoms with van der Waals surface area (Å²) in [6.07, 6.45) is 1.62. The van der Waals surface area contributed by atoms with E-state index in [-0.39, 0.29) is 0 Å². The molecule has 0 spiro atoms. The fourth-order valence-electron chi connectivity index (χ4n) is 1.79. The minimum atomic E-state index is 0.397. The number of hydrogen-bond acceptors (Lipinski definition) is 5. The monoisotopic (exact) mass is 367 g/mol. The van der Waals surface area contributed by atoms with E-state index in [4.69, 9.17) is 16.3 Å². The van der Waals surface area contributed by atoms with E-state index in [0.29, 0.717) is 40.2 Å². The maximum atomic E-state index is 6.17. The van der Waals surface area contributed by atoms with Gasteiger partial charge >= 0.3 is 0 Å². The third-order valence-corrected chi connectivity index (χ3v) is 3.50. The predicted octanol–water partition coefficient (Wildman–Crippen LogP) is 3.99. The highest BCUT2D eigenvalue weighted by Crippen LogP contribution is 2.33. The molecule has 6 nitrogen and oxygen atoms in total. The molecule has 0 amide bonds. The zero-order valence-electron chi connectivity index (χ0n) is 11.0. The number of rotatable bonds is 4. The Labute approximate surface area is 134 Å². The van der Waals surface area contributed by atoms with Crippen LogP contribution in [0.4, 0.5) is 5.95 Å². The van der Waals surface area contributed by atoms with Gasteiger partial charge in [-0.2, -0.15) is 15.1 Å². The van der Waals surface area contributed by atoms with Crippen LogP contribution in [0.2, 0.25) is 5.02 Å². The molecule has 0 atom stereocenters. The molecule has 8 heteroatoms. The second-order valence-electron chi connectivity index (χ2n) is 4.19. The zero-order valence-corrected chi connectivity index (χ0v) is 13.4. The second-order valence-corrected chi connectivity index (χ2v) is 5.51. The van der Waals surface area contributed by atoms with Crippen LogP contribution in [-0.4, -0.2) is 26.7 Å². The van der Waals surface area contributed by atoms with Crippen LogP contribution in [0, 0.1) is 0 Å². The second kappa shape index (κ2) is 5.87. The number of benzene rings is 1. The van der Waals surface area contributed by atoms with E-state index in [1.165, 1.54) is 0 Å². The highest BCUT2D eigenvalue weighted by molar-refractivity contribution is 9.10. The molecule has 2 aromatic heterocycles. The third-order valence-electron chi connectivity index (χ3n) is 2.71. The Morgan fingerprint density at radius 1 is 1.38 bits per heavy atom. The van der Waals surface area contributed by atoms with E-state index in [1.54, 1.807) is 18.3 Å².